The first kappa shape index (κ1) is 18.9. The normalized spacial score (nSPS) is 17.0. The summed E-state index contributed by atoms with van der Waals surface area (Å²) in [5.74, 6) is -0.313. The van der Waals surface area contributed by atoms with Gasteiger partial charge in [-0.05, 0) is 54.7 Å². The van der Waals surface area contributed by atoms with Crippen LogP contribution in [0.1, 0.15) is 30.0 Å². The summed E-state index contributed by atoms with van der Waals surface area (Å²) in [6, 6.07) is 13.9. The molecule has 0 saturated carbocycles. The molecule has 0 aliphatic heterocycles. The van der Waals surface area contributed by atoms with E-state index in [1.165, 1.54) is 36.9 Å². The van der Waals surface area contributed by atoms with E-state index in [0.717, 1.165) is 29.1 Å². The van der Waals surface area contributed by atoms with Crippen molar-refractivity contribution in [3.05, 3.63) is 64.7 Å². The first-order valence-electron chi connectivity index (χ1n) is 8.47. The van der Waals surface area contributed by atoms with E-state index >= 15 is 0 Å². The lowest BCUT2D eigenvalue weighted by Crippen LogP contribution is -2.40. The molecule has 0 heterocycles. The molecule has 2 aromatic carbocycles. The number of hydrogen-bond acceptors (Lipinski definition) is 3. The van der Waals surface area contributed by atoms with Crippen LogP contribution < -0.4 is 5.32 Å². The van der Waals surface area contributed by atoms with Crippen LogP contribution in [0.4, 0.5) is 0 Å². The molecule has 0 spiro atoms. The fourth-order valence-electron chi connectivity index (χ4n) is 3.22. The van der Waals surface area contributed by atoms with Crippen LogP contribution >= 0.6 is 11.6 Å². The Morgan fingerprint density at radius 2 is 1.88 bits per heavy atom. The Morgan fingerprint density at radius 3 is 2.62 bits per heavy atom. The Hall–Kier alpha value is -1.89. The topological polar surface area (TPSA) is 66.5 Å². The van der Waals surface area contributed by atoms with Crippen LogP contribution in [-0.2, 0) is 21.2 Å². The summed E-state index contributed by atoms with van der Waals surface area (Å²) in [4.78, 5) is 12.5. The van der Waals surface area contributed by atoms with Gasteiger partial charge in [-0.2, -0.15) is 4.31 Å². The van der Waals surface area contributed by atoms with E-state index in [4.69, 9.17) is 11.6 Å². The second-order valence-electron chi connectivity index (χ2n) is 6.43. The van der Waals surface area contributed by atoms with Crippen LogP contribution in [0.3, 0.4) is 0 Å². The van der Waals surface area contributed by atoms with Crippen LogP contribution in [0.2, 0.25) is 5.02 Å². The average molecular weight is 393 g/mol. The molecule has 1 aliphatic rings. The van der Waals surface area contributed by atoms with E-state index in [-0.39, 0.29) is 23.4 Å². The number of amides is 1. The molecule has 1 aliphatic carbocycles. The summed E-state index contributed by atoms with van der Waals surface area (Å²) in [6.45, 7) is -0.233. The minimum absolute atomic E-state index is 0.0703. The molecule has 1 atom stereocenters. The molecule has 0 aromatic heterocycles. The monoisotopic (exact) mass is 392 g/mol. The zero-order valence-electron chi connectivity index (χ0n) is 14.5. The van der Waals surface area contributed by atoms with Crippen molar-refractivity contribution in [1.82, 2.24) is 9.62 Å². The molecule has 1 unspecified atom stereocenters. The van der Waals surface area contributed by atoms with Crippen LogP contribution in [0.25, 0.3) is 0 Å². The van der Waals surface area contributed by atoms with Gasteiger partial charge in [0.05, 0.1) is 17.5 Å². The number of benzene rings is 2. The second-order valence-corrected chi connectivity index (χ2v) is 8.91. The van der Waals surface area contributed by atoms with Crippen LogP contribution in [-0.4, -0.2) is 32.2 Å². The fraction of sp³-hybridized carbons (Fsp3) is 0.316. The number of nitrogens with zero attached hydrogens (tertiary/aromatic N) is 1. The molecular formula is C19H21ClN2O3S. The van der Waals surface area contributed by atoms with E-state index < -0.39 is 10.0 Å². The van der Waals surface area contributed by atoms with Gasteiger partial charge in [-0.15, -0.1) is 0 Å². The molecule has 26 heavy (non-hydrogen) atoms. The van der Waals surface area contributed by atoms with Gasteiger partial charge in [-0.1, -0.05) is 35.9 Å². The zero-order valence-corrected chi connectivity index (χ0v) is 16.1. The van der Waals surface area contributed by atoms with Crippen molar-refractivity contribution < 1.29 is 13.2 Å². The van der Waals surface area contributed by atoms with Gasteiger partial charge in [-0.3, -0.25) is 4.79 Å². The van der Waals surface area contributed by atoms with E-state index in [0.29, 0.717) is 5.02 Å². The number of nitrogens with one attached hydrogen (secondary N) is 1. The van der Waals surface area contributed by atoms with Crippen molar-refractivity contribution in [2.75, 3.05) is 13.6 Å². The Labute approximate surface area is 159 Å². The van der Waals surface area contributed by atoms with Crippen molar-refractivity contribution in [3.8, 4) is 0 Å². The van der Waals surface area contributed by atoms with E-state index in [2.05, 4.69) is 11.4 Å². The Balaban J connectivity index is 1.67. The van der Waals surface area contributed by atoms with Crippen LogP contribution in [0.15, 0.2) is 53.4 Å². The maximum Gasteiger partial charge on any atom is 0.243 e. The number of hydrogen-bond donors (Lipinski definition) is 1. The van der Waals surface area contributed by atoms with Crippen molar-refractivity contribution in [3.63, 3.8) is 0 Å². The number of carbonyl (C=O) groups is 1. The van der Waals surface area contributed by atoms with Crippen LogP contribution in [0, 0.1) is 0 Å². The van der Waals surface area contributed by atoms with E-state index in [9.17, 15) is 13.2 Å². The maximum absolute atomic E-state index is 12.6. The lowest BCUT2D eigenvalue weighted by atomic mass is 9.88. The van der Waals surface area contributed by atoms with Gasteiger partial charge in [0.1, 0.15) is 0 Å². The number of aryl methyl sites for hydroxylation is 1. The number of rotatable bonds is 5. The standard InChI is InChI=1S/C19H21ClN2O3S/c1-22(26(24,25)16-11-9-15(20)10-12-16)13-19(23)21-18-8-4-6-14-5-2-3-7-17(14)18/h2-3,5,7,9-12,18H,4,6,8,13H2,1H3,(H,21,23). The summed E-state index contributed by atoms with van der Waals surface area (Å²) >= 11 is 5.80. The number of sulfonamides is 1. The average Bonchev–Trinajstić information content (AvgIpc) is 2.62. The largest absolute Gasteiger partial charge is 0.348 e. The quantitative estimate of drug-likeness (QED) is 0.849. The molecule has 0 bridgehead atoms. The van der Waals surface area contributed by atoms with Gasteiger partial charge in [-0.25, -0.2) is 8.42 Å². The second kappa shape index (κ2) is 7.78. The Bertz CT molecular complexity index is 897. The fourth-order valence-corrected chi connectivity index (χ4v) is 4.47. The smallest absolute Gasteiger partial charge is 0.243 e. The van der Waals surface area contributed by atoms with E-state index in [1.54, 1.807) is 0 Å². The van der Waals surface area contributed by atoms with E-state index in [1.807, 2.05) is 18.2 Å². The van der Waals surface area contributed by atoms with Gasteiger partial charge in [0.15, 0.2) is 0 Å². The number of halogens is 1. The molecule has 0 fully saturated rings. The van der Waals surface area contributed by atoms with Gasteiger partial charge in [0.25, 0.3) is 0 Å². The molecule has 1 amide bonds. The third-order valence-corrected chi connectivity index (χ3v) is 6.66. The molecule has 0 saturated heterocycles. The minimum atomic E-state index is -3.74. The summed E-state index contributed by atoms with van der Waals surface area (Å²) in [7, 11) is -2.34. The number of likely N-dealkylation sites (N-methyl/N-ethyl adjacent to an activating group) is 1. The first-order valence-corrected chi connectivity index (χ1v) is 10.3. The van der Waals surface area contributed by atoms with Crippen molar-refractivity contribution in [2.24, 2.45) is 0 Å². The predicted molar refractivity (Wildman–Crippen MR) is 102 cm³/mol. The SMILES string of the molecule is CN(CC(=O)NC1CCCc2ccccc21)S(=O)(=O)c1ccc(Cl)cc1. The molecule has 0 radical (unpaired) electrons. The van der Waals surface area contributed by atoms with Gasteiger partial charge in [0, 0.05) is 12.1 Å². The van der Waals surface area contributed by atoms with Gasteiger partial charge < -0.3 is 5.32 Å². The summed E-state index contributed by atoms with van der Waals surface area (Å²) < 4.78 is 26.2. The Morgan fingerprint density at radius 1 is 1.19 bits per heavy atom. The highest BCUT2D eigenvalue weighted by atomic mass is 35.5. The third-order valence-electron chi connectivity index (χ3n) is 4.59. The summed E-state index contributed by atoms with van der Waals surface area (Å²) in [5, 5.41) is 3.43. The minimum Gasteiger partial charge on any atom is -0.348 e. The van der Waals surface area contributed by atoms with Crippen molar-refractivity contribution in [1.29, 1.82) is 0 Å². The lowest BCUT2D eigenvalue weighted by molar-refractivity contribution is -0.122. The maximum atomic E-state index is 12.6. The first-order chi connectivity index (χ1) is 12.4. The number of carbonyl (C=O) groups excluding carboxylic acids is 1. The third kappa shape index (κ3) is 4.09. The summed E-state index contributed by atoms with van der Waals surface area (Å²) in [5.41, 5.74) is 2.36. The van der Waals surface area contributed by atoms with Gasteiger partial charge in [0.2, 0.25) is 15.9 Å². The molecule has 138 valence electrons. The molecule has 3 rings (SSSR count). The summed E-state index contributed by atoms with van der Waals surface area (Å²) in [6.07, 6.45) is 2.87. The highest BCUT2D eigenvalue weighted by Gasteiger charge is 2.26. The van der Waals surface area contributed by atoms with Gasteiger partial charge >= 0.3 is 0 Å². The lowest BCUT2D eigenvalue weighted by Gasteiger charge is -2.27. The van der Waals surface area contributed by atoms with Crippen molar-refractivity contribution >= 4 is 27.5 Å². The molecule has 2 aromatic rings. The number of fused-ring (bicyclic) bond motifs is 1. The molecule has 5 nitrogen and oxygen atoms in total. The highest BCUT2D eigenvalue weighted by molar-refractivity contribution is 7.89. The highest BCUT2D eigenvalue weighted by Crippen LogP contribution is 2.29. The van der Waals surface area contributed by atoms with Crippen LogP contribution in [0.5, 0.6) is 0 Å². The Kier molecular flexibility index (Phi) is 5.65. The zero-order chi connectivity index (χ0) is 18.7. The molecule has 7 heteroatoms. The predicted octanol–water partition coefficient (Wildman–Crippen LogP) is 3.15. The molecule has 1 N–H and O–H groups in total. The van der Waals surface area contributed by atoms with Crippen molar-refractivity contribution in [2.45, 2.75) is 30.2 Å². The molecular weight excluding hydrogens is 372 g/mol.